The van der Waals surface area contributed by atoms with Gasteiger partial charge in [-0.05, 0) is 40.7 Å². The first-order valence-corrected chi connectivity index (χ1v) is 7.91. The highest BCUT2D eigenvalue weighted by Crippen LogP contribution is 2.41. The largest absolute Gasteiger partial charge is 0.0767 e. The highest BCUT2D eigenvalue weighted by molar-refractivity contribution is 5.44. The van der Waals surface area contributed by atoms with Crippen LogP contribution < -0.4 is 0 Å². The van der Waals surface area contributed by atoms with Gasteiger partial charge in [-0.15, -0.1) is 0 Å². The van der Waals surface area contributed by atoms with E-state index in [0.29, 0.717) is 5.92 Å². The fourth-order valence-electron chi connectivity index (χ4n) is 2.98. The molecule has 0 amide bonds. The van der Waals surface area contributed by atoms with Gasteiger partial charge >= 0.3 is 0 Å². The van der Waals surface area contributed by atoms with Gasteiger partial charge in [0.1, 0.15) is 0 Å². The Morgan fingerprint density at radius 1 is 0.750 bits per heavy atom. The Bertz CT molecular complexity index is 459. The number of hydrogen-bond acceptors (Lipinski definition) is 0. The van der Waals surface area contributed by atoms with Crippen LogP contribution in [0.1, 0.15) is 61.3 Å². The Morgan fingerprint density at radius 2 is 1.10 bits per heavy atom. The van der Waals surface area contributed by atoms with Gasteiger partial charge in [-0.2, -0.15) is 0 Å². The van der Waals surface area contributed by atoms with Crippen molar-refractivity contribution in [2.45, 2.75) is 61.3 Å². The van der Waals surface area contributed by atoms with Gasteiger partial charge in [0.2, 0.25) is 0 Å². The Kier molecular flexibility index (Phi) is 3.88. The molecule has 0 saturated heterocycles. The maximum Gasteiger partial charge on any atom is -0.000877 e. The maximum atomic E-state index is 2.45. The molecule has 2 aliphatic rings. The maximum absolute atomic E-state index is 2.45. The molecule has 0 nitrogen and oxygen atoms in total. The predicted molar refractivity (Wildman–Crippen MR) is 89.6 cm³/mol. The van der Waals surface area contributed by atoms with Crippen LogP contribution in [-0.4, -0.2) is 0 Å². The van der Waals surface area contributed by atoms with Gasteiger partial charge < -0.3 is 0 Å². The van der Waals surface area contributed by atoms with E-state index in [1.165, 1.54) is 11.1 Å². The van der Waals surface area contributed by atoms with Crippen LogP contribution in [0.5, 0.6) is 0 Å². The van der Waals surface area contributed by atoms with E-state index in [1.54, 1.807) is 11.1 Å². The van der Waals surface area contributed by atoms with Crippen molar-refractivity contribution in [1.29, 1.82) is 0 Å². The third-order valence-corrected chi connectivity index (χ3v) is 4.64. The Labute approximate surface area is 125 Å². The van der Waals surface area contributed by atoms with Gasteiger partial charge in [0.15, 0.2) is 0 Å². The minimum Gasteiger partial charge on any atom is -0.0767 e. The molecule has 0 aromatic carbocycles. The summed E-state index contributed by atoms with van der Waals surface area (Å²) < 4.78 is 0. The van der Waals surface area contributed by atoms with Crippen molar-refractivity contribution in [2.75, 3.05) is 0 Å². The van der Waals surface area contributed by atoms with Gasteiger partial charge in [-0.25, -0.2) is 0 Å². The number of rotatable bonds is 2. The molecule has 2 aliphatic carbocycles. The lowest BCUT2D eigenvalue weighted by atomic mass is 9.85. The zero-order valence-electron chi connectivity index (χ0n) is 14.3. The second-order valence-electron chi connectivity index (χ2n) is 8.39. The molecule has 110 valence electrons. The van der Waals surface area contributed by atoms with Gasteiger partial charge in [0, 0.05) is 0 Å². The van der Waals surface area contributed by atoms with E-state index < -0.39 is 0 Å². The summed E-state index contributed by atoms with van der Waals surface area (Å²) in [5, 5.41) is 0. The highest BCUT2D eigenvalue weighted by atomic mass is 14.3. The van der Waals surface area contributed by atoms with Gasteiger partial charge in [-0.3, -0.25) is 0 Å². The summed E-state index contributed by atoms with van der Waals surface area (Å²) in [6.45, 7) is 16.2. The van der Waals surface area contributed by atoms with E-state index in [4.69, 9.17) is 0 Å². The molecule has 0 heterocycles. The van der Waals surface area contributed by atoms with E-state index in [0.717, 1.165) is 12.8 Å². The fourth-order valence-corrected chi connectivity index (χ4v) is 2.98. The van der Waals surface area contributed by atoms with Crippen LogP contribution in [0.15, 0.2) is 46.6 Å². The smallest absolute Gasteiger partial charge is 0.000877 e. The topological polar surface area (TPSA) is 0 Å². The molecule has 2 rings (SSSR count). The Balaban J connectivity index is 2.11. The second-order valence-corrected chi connectivity index (χ2v) is 8.39. The lowest BCUT2D eigenvalue weighted by molar-refractivity contribution is 0.517. The molecule has 0 heteroatoms. The van der Waals surface area contributed by atoms with E-state index in [-0.39, 0.29) is 10.8 Å². The van der Waals surface area contributed by atoms with Crippen molar-refractivity contribution in [1.82, 2.24) is 0 Å². The second kappa shape index (κ2) is 5.06. The molecule has 0 aliphatic heterocycles. The van der Waals surface area contributed by atoms with Crippen LogP contribution in [0.2, 0.25) is 0 Å². The van der Waals surface area contributed by atoms with Crippen molar-refractivity contribution in [3.8, 4) is 0 Å². The molecule has 0 bridgehead atoms. The van der Waals surface area contributed by atoms with Crippen LogP contribution in [0.3, 0.4) is 0 Å². The van der Waals surface area contributed by atoms with Crippen LogP contribution >= 0.6 is 0 Å². The molecule has 0 N–H and O–H groups in total. The SMILES string of the molecule is CC(C1=CC(C(C)(C)C)=CC1)C1=CC(C(C)(C)C)=CC1. The van der Waals surface area contributed by atoms with E-state index in [9.17, 15) is 0 Å². The summed E-state index contributed by atoms with van der Waals surface area (Å²) >= 11 is 0. The van der Waals surface area contributed by atoms with Crippen LogP contribution in [0, 0.1) is 16.7 Å². The van der Waals surface area contributed by atoms with Crippen molar-refractivity contribution >= 4 is 0 Å². The number of allylic oxidation sites excluding steroid dienone is 8. The molecular formula is C20H30. The molecule has 0 radical (unpaired) electrons. The zero-order valence-corrected chi connectivity index (χ0v) is 14.3. The quantitative estimate of drug-likeness (QED) is 0.558. The lowest BCUT2D eigenvalue weighted by Gasteiger charge is -2.20. The summed E-state index contributed by atoms with van der Waals surface area (Å²) in [4.78, 5) is 0. The molecule has 0 fully saturated rings. The van der Waals surface area contributed by atoms with E-state index >= 15 is 0 Å². The highest BCUT2D eigenvalue weighted by Gasteiger charge is 2.26. The lowest BCUT2D eigenvalue weighted by Crippen LogP contribution is -2.07. The summed E-state index contributed by atoms with van der Waals surface area (Å²) in [5.74, 6) is 0.585. The third-order valence-electron chi connectivity index (χ3n) is 4.64. The van der Waals surface area contributed by atoms with Crippen molar-refractivity contribution in [2.24, 2.45) is 16.7 Å². The summed E-state index contributed by atoms with van der Waals surface area (Å²) in [6.07, 6.45) is 12.0. The molecule has 0 aromatic heterocycles. The van der Waals surface area contributed by atoms with E-state index in [2.05, 4.69) is 72.8 Å². The molecule has 0 spiro atoms. The summed E-state index contributed by atoms with van der Waals surface area (Å²) in [5.41, 5.74) is 6.74. The molecule has 20 heavy (non-hydrogen) atoms. The van der Waals surface area contributed by atoms with Crippen molar-refractivity contribution in [3.63, 3.8) is 0 Å². The molecule has 0 saturated carbocycles. The average Bonchev–Trinajstić information content (AvgIpc) is 2.96. The van der Waals surface area contributed by atoms with Crippen LogP contribution in [-0.2, 0) is 0 Å². The summed E-state index contributed by atoms with van der Waals surface area (Å²) in [6, 6.07) is 0. The number of hydrogen-bond donors (Lipinski definition) is 0. The fraction of sp³-hybridized carbons (Fsp3) is 0.600. The molecule has 0 aromatic rings. The third kappa shape index (κ3) is 3.16. The Hall–Kier alpha value is -1.04. The minimum atomic E-state index is 0.278. The first-order chi connectivity index (χ1) is 9.09. The van der Waals surface area contributed by atoms with Crippen LogP contribution in [0.4, 0.5) is 0 Å². The zero-order chi connectivity index (χ0) is 15.1. The summed E-state index contributed by atoms with van der Waals surface area (Å²) in [7, 11) is 0. The van der Waals surface area contributed by atoms with Crippen molar-refractivity contribution in [3.05, 3.63) is 46.6 Å². The minimum absolute atomic E-state index is 0.278. The van der Waals surface area contributed by atoms with Crippen molar-refractivity contribution < 1.29 is 0 Å². The first kappa shape index (κ1) is 15.4. The first-order valence-electron chi connectivity index (χ1n) is 7.91. The molecule has 0 unspecified atom stereocenters. The average molecular weight is 270 g/mol. The Morgan fingerprint density at radius 3 is 1.35 bits per heavy atom. The van der Waals surface area contributed by atoms with Gasteiger partial charge in [0.25, 0.3) is 0 Å². The monoisotopic (exact) mass is 270 g/mol. The normalized spacial score (nSPS) is 20.0. The van der Waals surface area contributed by atoms with Gasteiger partial charge in [0.05, 0.1) is 0 Å². The standard InChI is InChI=1S/C20H30/c1-14(15-8-10-17(12-15)19(2,3)4)16-9-11-18(13-16)20(5,6)7/h10-14H,8-9H2,1-7H3. The van der Waals surface area contributed by atoms with E-state index in [1.807, 2.05) is 0 Å². The predicted octanol–water partition coefficient (Wildman–Crippen LogP) is 6.23. The molecular weight excluding hydrogens is 240 g/mol. The van der Waals surface area contributed by atoms with Crippen LogP contribution in [0.25, 0.3) is 0 Å². The molecule has 0 atom stereocenters. The van der Waals surface area contributed by atoms with Gasteiger partial charge in [-0.1, -0.05) is 83.9 Å².